The maximum atomic E-state index is 12.3. The Bertz CT molecular complexity index is 543. The van der Waals surface area contributed by atoms with Crippen LogP contribution >= 0.6 is 0 Å². The Kier molecular flexibility index (Phi) is 5.10. The number of carbonyl (C=O) groups is 1. The van der Waals surface area contributed by atoms with Crippen LogP contribution in [0.3, 0.4) is 0 Å². The van der Waals surface area contributed by atoms with E-state index in [1.54, 1.807) is 0 Å². The van der Waals surface area contributed by atoms with Crippen molar-refractivity contribution in [2.24, 2.45) is 7.05 Å². The van der Waals surface area contributed by atoms with Gasteiger partial charge in [0.25, 0.3) is 0 Å². The highest BCUT2D eigenvalue weighted by atomic mass is 32.2. The highest BCUT2D eigenvalue weighted by Gasteiger charge is 2.26. The van der Waals surface area contributed by atoms with E-state index in [2.05, 4.69) is 0 Å². The second-order valence-electron chi connectivity index (χ2n) is 4.10. The maximum absolute atomic E-state index is 12.3. The van der Waals surface area contributed by atoms with Gasteiger partial charge in [-0.3, -0.25) is 0 Å². The summed E-state index contributed by atoms with van der Waals surface area (Å²) in [7, 11) is -2.30. The summed E-state index contributed by atoms with van der Waals surface area (Å²) < 4.78 is 27.0. The molecule has 1 rings (SSSR count). The zero-order chi connectivity index (χ0) is 14.6. The molecule has 0 amide bonds. The summed E-state index contributed by atoms with van der Waals surface area (Å²) in [5, 5.41) is 17.8. The molecule has 7 nitrogen and oxygen atoms in total. The minimum absolute atomic E-state index is 0.00648. The van der Waals surface area contributed by atoms with Gasteiger partial charge in [-0.05, 0) is 12.5 Å². The van der Waals surface area contributed by atoms with E-state index in [9.17, 15) is 13.2 Å². The molecule has 0 radical (unpaired) electrons. The van der Waals surface area contributed by atoms with Crippen molar-refractivity contribution in [1.82, 2.24) is 8.87 Å². The highest BCUT2D eigenvalue weighted by molar-refractivity contribution is 7.89. The minimum Gasteiger partial charge on any atom is -0.477 e. The normalized spacial score (nSPS) is 12.0. The van der Waals surface area contributed by atoms with Crippen LogP contribution in [-0.2, 0) is 17.1 Å². The van der Waals surface area contributed by atoms with E-state index in [0.717, 1.165) is 10.4 Å². The first-order valence-corrected chi connectivity index (χ1v) is 7.29. The van der Waals surface area contributed by atoms with Crippen molar-refractivity contribution in [1.29, 1.82) is 0 Å². The van der Waals surface area contributed by atoms with E-state index in [-0.39, 0.29) is 30.3 Å². The molecule has 0 aromatic carbocycles. The summed E-state index contributed by atoms with van der Waals surface area (Å²) >= 11 is 0. The Morgan fingerprint density at radius 3 is 2.47 bits per heavy atom. The van der Waals surface area contributed by atoms with Crippen LogP contribution in [0.1, 0.15) is 23.8 Å². The van der Waals surface area contributed by atoms with E-state index >= 15 is 0 Å². The number of nitrogens with zero attached hydrogens (tertiary/aromatic N) is 2. The van der Waals surface area contributed by atoms with Crippen LogP contribution < -0.4 is 0 Å². The third-order valence-corrected chi connectivity index (χ3v) is 4.52. The van der Waals surface area contributed by atoms with E-state index in [4.69, 9.17) is 10.2 Å². The molecule has 0 unspecified atom stereocenters. The van der Waals surface area contributed by atoms with Gasteiger partial charge in [0.15, 0.2) is 0 Å². The Hall–Kier alpha value is -1.38. The van der Waals surface area contributed by atoms with Crippen molar-refractivity contribution in [3.63, 3.8) is 0 Å². The van der Waals surface area contributed by atoms with Crippen molar-refractivity contribution >= 4 is 16.0 Å². The Balaban J connectivity index is 3.17. The third kappa shape index (κ3) is 3.34. The molecular formula is C11H18N2O5S. The second kappa shape index (κ2) is 6.18. The standard InChI is InChI=1S/C11H18N2O5S/c1-3-4-13(5-6-14)19(17,18)9-7-10(11(15)16)12(2)8-9/h7-8,14H,3-6H2,1-2H3,(H,15,16). The number of carboxylic acid groups (broad SMARTS) is 1. The quantitative estimate of drug-likeness (QED) is 0.743. The fourth-order valence-electron chi connectivity index (χ4n) is 1.75. The van der Waals surface area contributed by atoms with Crippen LogP contribution in [0, 0.1) is 0 Å². The Morgan fingerprint density at radius 1 is 1.42 bits per heavy atom. The largest absolute Gasteiger partial charge is 0.477 e. The molecule has 0 aliphatic heterocycles. The SMILES string of the molecule is CCCN(CCO)S(=O)(=O)c1cc(C(=O)O)n(C)c1. The number of aryl methyl sites for hydroxylation is 1. The summed E-state index contributed by atoms with van der Waals surface area (Å²) in [4.78, 5) is 10.8. The van der Waals surface area contributed by atoms with Gasteiger partial charge in [-0.1, -0.05) is 6.92 Å². The van der Waals surface area contributed by atoms with Crippen molar-refractivity contribution in [2.45, 2.75) is 18.2 Å². The summed E-state index contributed by atoms with van der Waals surface area (Å²) in [6, 6.07) is 1.12. The maximum Gasteiger partial charge on any atom is 0.352 e. The number of carboxylic acids is 1. The molecule has 1 aromatic rings. The van der Waals surface area contributed by atoms with Crippen LogP contribution in [-0.4, -0.2) is 53.2 Å². The fourth-order valence-corrected chi connectivity index (χ4v) is 3.35. The van der Waals surface area contributed by atoms with Gasteiger partial charge in [0.1, 0.15) is 10.6 Å². The topological polar surface area (TPSA) is 99.8 Å². The van der Waals surface area contributed by atoms with Crippen molar-refractivity contribution in [3.05, 3.63) is 18.0 Å². The highest BCUT2D eigenvalue weighted by Crippen LogP contribution is 2.18. The Morgan fingerprint density at radius 2 is 2.05 bits per heavy atom. The van der Waals surface area contributed by atoms with Gasteiger partial charge in [0, 0.05) is 26.3 Å². The fraction of sp³-hybridized carbons (Fsp3) is 0.545. The monoisotopic (exact) mass is 290 g/mol. The van der Waals surface area contributed by atoms with E-state index in [0.29, 0.717) is 6.42 Å². The van der Waals surface area contributed by atoms with Gasteiger partial charge in [0.05, 0.1) is 6.61 Å². The molecule has 0 bridgehead atoms. The molecule has 0 atom stereocenters. The zero-order valence-corrected chi connectivity index (χ0v) is 11.7. The van der Waals surface area contributed by atoms with Gasteiger partial charge in [0.2, 0.25) is 10.0 Å². The molecule has 0 aliphatic carbocycles. The average molecular weight is 290 g/mol. The number of aromatic carboxylic acids is 1. The summed E-state index contributed by atoms with van der Waals surface area (Å²) in [5.41, 5.74) is -0.0981. The lowest BCUT2D eigenvalue weighted by Gasteiger charge is -2.19. The number of aromatic nitrogens is 1. The van der Waals surface area contributed by atoms with Gasteiger partial charge < -0.3 is 14.8 Å². The predicted octanol–water partition coefficient (Wildman–Crippen LogP) is 0.116. The van der Waals surface area contributed by atoms with Crippen molar-refractivity contribution in [3.8, 4) is 0 Å². The molecule has 108 valence electrons. The predicted molar refractivity (Wildman–Crippen MR) is 68.5 cm³/mol. The molecular weight excluding hydrogens is 272 g/mol. The summed E-state index contributed by atoms with van der Waals surface area (Å²) in [6.07, 6.45) is 1.87. The smallest absolute Gasteiger partial charge is 0.352 e. The lowest BCUT2D eigenvalue weighted by molar-refractivity contribution is 0.0686. The zero-order valence-electron chi connectivity index (χ0n) is 10.9. The molecule has 0 saturated heterocycles. The molecule has 8 heteroatoms. The van der Waals surface area contributed by atoms with Gasteiger partial charge in [-0.25, -0.2) is 13.2 Å². The minimum atomic E-state index is -3.77. The molecule has 0 saturated carbocycles. The number of hydrogen-bond acceptors (Lipinski definition) is 4. The lowest BCUT2D eigenvalue weighted by atomic mass is 10.4. The first kappa shape index (κ1) is 15.7. The second-order valence-corrected chi connectivity index (χ2v) is 6.04. The van der Waals surface area contributed by atoms with E-state index < -0.39 is 16.0 Å². The van der Waals surface area contributed by atoms with Crippen LogP contribution in [0.25, 0.3) is 0 Å². The first-order chi connectivity index (χ1) is 8.84. The average Bonchev–Trinajstić information content (AvgIpc) is 2.72. The van der Waals surface area contributed by atoms with Crippen LogP contribution in [0.4, 0.5) is 0 Å². The summed E-state index contributed by atoms with van der Waals surface area (Å²) in [5.74, 6) is -1.19. The van der Waals surface area contributed by atoms with Crippen LogP contribution in [0.15, 0.2) is 17.2 Å². The van der Waals surface area contributed by atoms with Gasteiger partial charge >= 0.3 is 5.97 Å². The number of sulfonamides is 1. The number of aliphatic hydroxyl groups is 1. The number of rotatable bonds is 7. The third-order valence-electron chi connectivity index (χ3n) is 2.66. The molecule has 2 N–H and O–H groups in total. The van der Waals surface area contributed by atoms with E-state index in [1.165, 1.54) is 17.8 Å². The number of hydrogen-bond donors (Lipinski definition) is 2. The molecule has 1 heterocycles. The summed E-state index contributed by atoms with van der Waals surface area (Å²) in [6.45, 7) is 1.82. The lowest BCUT2D eigenvalue weighted by Crippen LogP contribution is -2.34. The van der Waals surface area contributed by atoms with Crippen molar-refractivity contribution < 1.29 is 23.4 Å². The molecule has 0 aliphatic rings. The van der Waals surface area contributed by atoms with Crippen molar-refractivity contribution in [2.75, 3.05) is 19.7 Å². The first-order valence-electron chi connectivity index (χ1n) is 5.85. The molecule has 1 aromatic heterocycles. The van der Waals surface area contributed by atoms with Gasteiger partial charge in [-0.2, -0.15) is 4.31 Å². The van der Waals surface area contributed by atoms with Crippen LogP contribution in [0.2, 0.25) is 0 Å². The molecule has 0 spiro atoms. The van der Waals surface area contributed by atoms with E-state index in [1.807, 2.05) is 6.92 Å². The van der Waals surface area contributed by atoms with Gasteiger partial charge in [-0.15, -0.1) is 0 Å². The molecule has 19 heavy (non-hydrogen) atoms. The number of aliphatic hydroxyl groups excluding tert-OH is 1. The van der Waals surface area contributed by atoms with Crippen LogP contribution in [0.5, 0.6) is 0 Å². The molecule has 0 fully saturated rings. The Labute approximate surface area is 112 Å².